The SMILES string of the molecule is COCCN1CSc2cc(F)ccc21. The Hall–Kier alpha value is -0.740. The molecule has 0 aliphatic carbocycles. The number of hydrogen-bond donors (Lipinski definition) is 0. The lowest BCUT2D eigenvalue weighted by Gasteiger charge is -2.17. The molecule has 1 aromatic rings. The summed E-state index contributed by atoms with van der Waals surface area (Å²) in [5, 5.41) is 0. The molecule has 76 valence electrons. The second kappa shape index (κ2) is 4.19. The highest BCUT2D eigenvalue weighted by Gasteiger charge is 2.19. The number of halogens is 1. The van der Waals surface area contributed by atoms with Gasteiger partial charge in [-0.1, -0.05) is 0 Å². The van der Waals surface area contributed by atoms with Crippen molar-refractivity contribution in [2.75, 3.05) is 31.0 Å². The van der Waals surface area contributed by atoms with Gasteiger partial charge in [0.1, 0.15) is 5.82 Å². The van der Waals surface area contributed by atoms with Crippen LogP contribution in [0.15, 0.2) is 23.1 Å². The molecule has 0 unspecified atom stereocenters. The van der Waals surface area contributed by atoms with Gasteiger partial charge in [0.2, 0.25) is 0 Å². The summed E-state index contributed by atoms with van der Waals surface area (Å²) < 4.78 is 17.9. The van der Waals surface area contributed by atoms with Crippen LogP contribution in [0.4, 0.5) is 10.1 Å². The van der Waals surface area contributed by atoms with Gasteiger partial charge in [0.15, 0.2) is 0 Å². The van der Waals surface area contributed by atoms with E-state index in [0.29, 0.717) is 6.61 Å². The van der Waals surface area contributed by atoms with E-state index in [2.05, 4.69) is 4.90 Å². The molecule has 0 saturated heterocycles. The number of anilines is 1. The number of nitrogens with zero attached hydrogens (tertiary/aromatic N) is 1. The number of ether oxygens (including phenoxy) is 1. The maximum Gasteiger partial charge on any atom is 0.124 e. The lowest BCUT2D eigenvalue weighted by Crippen LogP contribution is -2.23. The van der Waals surface area contributed by atoms with Gasteiger partial charge in [-0.25, -0.2) is 4.39 Å². The van der Waals surface area contributed by atoms with Gasteiger partial charge in [0.05, 0.1) is 18.2 Å². The first-order chi connectivity index (χ1) is 6.81. The third-order valence-electron chi connectivity index (χ3n) is 2.20. The first kappa shape index (κ1) is 9.80. The van der Waals surface area contributed by atoms with Crippen LogP contribution in [0, 0.1) is 5.82 Å². The van der Waals surface area contributed by atoms with Crippen LogP contribution in [0.1, 0.15) is 0 Å². The van der Waals surface area contributed by atoms with Crippen molar-refractivity contribution in [2.45, 2.75) is 4.90 Å². The van der Waals surface area contributed by atoms with E-state index in [9.17, 15) is 4.39 Å². The van der Waals surface area contributed by atoms with Gasteiger partial charge in [-0.2, -0.15) is 0 Å². The second-order valence-electron chi connectivity index (χ2n) is 3.14. The lowest BCUT2D eigenvalue weighted by atomic mass is 10.3. The highest BCUT2D eigenvalue weighted by molar-refractivity contribution is 7.99. The second-order valence-corrected chi connectivity index (χ2v) is 4.13. The van der Waals surface area contributed by atoms with Gasteiger partial charge in [-0.3, -0.25) is 0 Å². The predicted molar refractivity (Wildman–Crippen MR) is 56.3 cm³/mol. The normalized spacial score (nSPS) is 14.6. The Morgan fingerprint density at radius 1 is 1.57 bits per heavy atom. The molecular weight excluding hydrogens is 201 g/mol. The lowest BCUT2D eigenvalue weighted by molar-refractivity contribution is 0.206. The zero-order chi connectivity index (χ0) is 9.97. The Morgan fingerprint density at radius 2 is 2.43 bits per heavy atom. The van der Waals surface area contributed by atoms with Crippen LogP contribution in [0.3, 0.4) is 0 Å². The van der Waals surface area contributed by atoms with Crippen molar-refractivity contribution in [1.29, 1.82) is 0 Å². The Balaban J connectivity index is 2.14. The van der Waals surface area contributed by atoms with E-state index in [4.69, 9.17) is 4.74 Å². The molecule has 0 aromatic heterocycles. The Morgan fingerprint density at radius 3 is 3.21 bits per heavy atom. The fourth-order valence-electron chi connectivity index (χ4n) is 1.47. The number of hydrogen-bond acceptors (Lipinski definition) is 3. The molecule has 1 aliphatic rings. The average molecular weight is 213 g/mol. The molecule has 0 saturated carbocycles. The van der Waals surface area contributed by atoms with Crippen molar-refractivity contribution in [2.24, 2.45) is 0 Å². The minimum atomic E-state index is -0.162. The molecule has 14 heavy (non-hydrogen) atoms. The van der Waals surface area contributed by atoms with E-state index in [0.717, 1.165) is 23.0 Å². The summed E-state index contributed by atoms with van der Waals surface area (Å²) in [5.41, 5.74) is 1.12. The van der Waals surface area contributed by atoms with Gasteiger partial charge in [-0.15, -0.1) is 11.8 Å². The average Bonchev–Trinajstić information content (AvgIpc) is 2.57. The summed E-state index contributed by atoms with van der Waals surface area (Å²) in [4.78, 5) is 3.23. The first-order valence-corrected chi connectivity index (χ1v) is 5.46. The fraction of sp³-hybridized carbons (Fsp3) is 0.400. The number of thioether (sulfide) groups is 1. The molecule has 1 heterocycles. The minimum Gasteiger partial charge on any atom is -0.383 e. The van der Waals surface area contributed by atoms with Crippen molar-refractivity contribution in [3.8, 4) is 0 Å². The van der Waals surface area contributed by atoms with Crippen molar-refractivity contribution in [3.63, 3.8) is 0 Å². The summed E-state index contributed by atoms with van der Waals surface area (Å²) >= 11 is 1.67. The summed E-state index contributed by atoms with van der Waals surface area (Å²) in [6, 6.07) is 4.93. The van der Waals surface area contributed by atoms with Crippen LogP contribution >= 0.6 is 11.8 Å². The predicted octanol–water partition coefficient (Wildman–Crippen LogP) is 2.34. The third-order valence-corrected chi connectivity index (χ3v) is 3.28. The van der Waals surface area contributed by atoms with E-state index in [-0.39, 0.29) is 5.82 Å². The van der Waals surface area contributed by atoms with E-state index in [1.54, 1.807) is 24.9 Å². The highest BCUT2D eigenvalue weighted by Crippen LogP contribution is 2.38. The molecule has 0 fully saturated rings. The van der Waals surface area contributed by atoms with Gasteiger partial charge >= 0.3 is 0 Å². The smallest absolute Gasteiger partial charge is 0.124 e. The van der Waals surface area contributed by atoms with Crippen LogP contribution in [0.2, 0.25) is 0 Å². The quantitative estimate of drug-likeness (QED) is 0.764. The fourth-order valence-corrected chi connectivity index (χ4v) is 2.57. The zero-order valence-corrected chi connectivity index (χ0v) is 8.81. The third kappa shape index (κ3) is 1.86. The maximum atomic E-state index is 12.9. The van der Waals surface area contributed by atoms with Crippen molar-refractivity contribution >= 4 is 17.4 Å². The molecule has 0 N–H and O–H groups in total. The molecular formula is C10H12FNOS. The largest absolute Gasteiger partial charge is 0.383 e. The first-order valence-electron chi connectivity index (χ1n) is 4.47. The summed E-state index contributed by atoms with van der Waals surface area (Å²) in [7, 11) is 1.69. The van der Waals surface area contributed by atoms with Crippen molar-refractivity contribution < 1.29 is 9.13 Å². The van der Waals surface area contributed by atoms with Crippen LogP contribution in [-0.4, -0.2) is 26.1 Å². The van der Waals surface area contributed by atoms with Crippen LogP contribution in [0.5, 0.6) is 0 Å². The van der Waals surface area contributed by atoms with E-state index in [1.807, 2.05) is 6.07 Å². The Bertz CT molecular complexity index is 332. The summed E-state index contributed by atoms with van der Waals surface area (Å²) in [6.45, 7) is 1.57. The molecule has 2 nitrogen and oxygen atoms in total. The molecule has 0 bridgehead atoms. The van der Waals surface area contributed by atoms with Gasteiger partial charge in [0, 0.05) is 18.6 Å². The summed E-state index contributed by atoms with van der Waals surface area (Å²) in [6.07, 6.45) is 0. The Kier molecular flexibility index (Phi) is 2.93. The molecule has 2 rings (SSSR count). The standard InChI is InChI=1S/C10H12FNOS/c1-13-5-4-12-7-14-10-6-8(11)2-3-9(10)12/h2-3,6H,4-5,7H2,1H3. The van der Waals surface area contributed by atoms with Crippen LogP contribution in [0.25, 0.3) is 0 Å². The molecule has 4 heteroatoms. The maximum absolute atomic E-state index is 12.9. The minimum absolute atomic E-state index is 0.162. The number of methoxy groups -OCH3 is 1. The molecule has 1 aliphatic heterocycles. The van der Waals surface area contributed by atoms with E-state index in [1.165, 1.54) is 6.07 Å². The highest BCUT2D eigenvalue weighted by atomic mass is 32.2. The van der Waals surface area contributed by atoms with Crippen molar-refractivity contribution in [3.05, 3.63) is 24.0 Å². The van der Waals surface area contributed by atoms with Gasteiger partial charge < -0.3 is 9.64 Å². The Labute approximate surface area is 87.0 Å². The van der Waals surface area contributed by atoms with E-state index >= 15 is 0 Å². The molecule has 1 aromatic carbocycles. The van der Waals surface area contributed by atoms with Crippen LogP contribution in [-0.2, 0) is 4.74 Å². The van der Waals surface area contributed by atoms with Gasteiger partial charge in [-0.05, 0) is 18.2 Å². The topological polar surface area (TPSA) is 12.5 Å². The number of fused-ring (bicyclic) bond motifs is 1. The van der Waals surface area contributed by atoms with Gasteiger partial charge in [0.25, 0.3) is 0 Å². The monoisotopic (exact) mass is 213 g/mol. The molecule has 0 spiro atoms. The molecule has 0 amide bonds. The molecule has 0 radical (unpaired) electrons. The number of rotatable bonds is 3. The number of benzene rings is 1. The van der Waals surface area contributed by atoms with Crippen LogP contribution < -0.4 is 4.90 Å². The zero-order valence-electron chi connectivity index (χ0n) is 8.00. The van der Waals surface area contributed by atoms with E-state index < -0.39 is 0 Å². The van der Waals surface area contributed by atoms with Crippen molar-refractivity contribution in [1.82, 2.24) is 0 Å². The molecule has 0 atom stereocenters. The summed E-state index contributed by atoms with van der Waals surface area (Å²) in [5.74, 6) is 0.729.